The van der Waals surface area contributed by atoms with Crippen LogP contribution in [0.25, 0.3) is 43.6 Å². The molecule has 9 N–H and O–H groups in total. The van der Waals surface area contributed by atoms with Gasteiger partial charge in [0.15, 0.2) is 5.78 Å². The Balaban J connectivity index is 0.000000234. The van der Waals surface area contributed by atoms with E-state index in [1.54, 1.807) is 30.5 Å². The van der Waals surface area contributed by atoms with Crippen molar-refractivity contribution < 1.29 is 184 Å². The number of fused-ring (bicyclic) bond motifs is 4. The van der Waals surface area contributed by atoms with Gasteiger partial charge >= 0.3 is 5.97 Å². The molecule has 0 spiro atoms. The summed E-state index contributed by atoms with van der Waals surface area (Å²) in [6.07, 6.45) is 23.7. The first-order chi connectivity index (χ1) is 65.2. The second-order valence-electron chi connectivity index (χ2n) is 35.7. The van der Waals surface area contributed by atoms with Crippen molar-refractivity contribution in [1.29, 1.82) is 0 Å². The minimum Gasteiger partial charge on any atom is -0.475 e. The summed E-state index contributed by atoms with van der Waals surface area (Å²) in [6, 6.07) is 61.3. The van der Waals surface area contributed by atoms with Crippen molar-refractivity contribution in [3.8, 4) is 0 Å². The molecule has 726 valence electrons. The number of aryl methyl sites for hydroxylation is 4. The minimum absolute atomic E-state index is 0. The molecule has 0 bridgehead atoms. The molecule has 10 heterocycles. The van der Waals surface area contributed by atoms with Crippen molar-refractivity contribution >= 4 is 136 Å². The number of carbonyl (C=O) groups is 10. The number of piperazine rings is 1. The number of ketones is 4. The molecular formula is C109H127Cl3N12O11Y4-4. The van der Waals surface area contributed by atoms with Gasteiger partial charge in [-0.15, -0.1) is 23.2 Å². The second-order valence-corrected chi connectivity index (χ2v) is 36.9. The molecular weight excluding hydrogens is 2120 g/mol. The quantitative estimate of drug-likeness (QED) is 0.0123. The number of aromatic nitrogens is 4. The SMILES string of the molecule is C1CCNCC1.CC(=O)C(=O)c1c[nH]c2cc(C)c(C(=O)N3CCC(Cc4cc[c-]cc4)CC3)cc12.CCCN.CN1CCNCC1.Cc1cc2[nH]cc(C(=O)C(=O)Cl)c2cc1C(=O)N1CCC(Cc2cc[c-]cc2)CC1.Cc1cc2[nH]cc(C(=O)C(=O)O)c2cc1C(=O)N1CCC(Cc2cc[c-]cc2)CC1.Cc1cc2[nH]ccc2cc1C(=O)N1CCC(Cc2cc[c-]cc2)CC1.ClCCl.[Y].[Y].[Y].[Y]. The summed E-state index contributed by atoms with van der Waals surface area (Å²) in [5.41, 5.74) is 20.1. The third-order valence-electron chi connectivity index (χ3n) is 26.0. The van der Waals surface area contributed by atoms with Crippen molar-refractivity contribution in [1.82, 2.24) is 55.1 Å². The maximum atomic E-state index is 13.2. The Morgan fingerprint density at radius 2 is 0.669 bits per heavy atom. The molecule has 30 heteroatoms. The third kappa shape index (κ3) is 35.0. The summed E-state index contributed by atoms with van der Waals surface area (Å²) in [4.78, 5) is 145. The number of nitrogens with two attached hydrogens (primary N) is 1. The van der Waals surface area contributed by atoms with Crippen LogP contribution in [0.3, 0.4) is 0 Å². The van der Waals surface area contributed by atoms with Gasteiger partial charge in [-0.25, -0.2) is 4.79 Å². The van der Waals surface area contributed by atoms with E-state index in [2.05, 4.69) is 128 Å². The monoisotopic (exact) mass is 2240 g/mol. The molecule has 0 atom stereocenters. The molecule has 4 amide bonds. The smallest absolute Gasteiger partial charge is 0.377 e. The van der Waals surface area contributed by atoms with Crippen LogP contribution in [0.5, 0.6) is 0 Å². The van der Waals surface area contributed by atoms with Gasteiger partial charge in [0.1, 0.15) is 0 Å². The molecule has 0 aliphatic carbocycles. The number of nitrogens with zero attached hydrogens (tertiary/aromatic N) is 5. The van der Waals surface area contributed by atoms with E-state index in [9.17, 15) is 47.9 Å². The average Bonchev–Trinajstić information content (AvgIpc) is 1.65. The molecule has 139 heavy (non-hydrogen) atoms. The van der Waals surface area contributed by atoms with Gasteiger partial charge in [-0.05, 0) is 263 Å². The maximum absolute atomic E-state index is 13.2. The van der Waals surface area contributed by atoms with Crippen molar-refractivity contribution in [2.45, 2.75) is 144 Å². The molecule has 0 unspecified atom stereocenters. The van der Waals surface area contributed by atoms with Gasteiger partial charge in [0.2, 0.25) is 11.6 Å². The number of piperidine rings is 5. The van der Waals surface area contributed by atoms with Gasteiger partial charge in [0.25, 0.3) is 34.7 Å². The predicted molar refractivity (Wildman–Crippen MR) is 538 cm³/mol. The van der Waals surface area contributed by atoms with Crippen LogP contribution in [-0.4, -0.2) is 218 Å². The summed E-state index contributed by atoms with van der Waals surface area (Å²) >= 11 is 14.9. The Hall–Kier alpha value is -7.25. The normalized spacial score (nSPS) is 15.0. The van der Waals surface area contributed by atoms with Crippen LogP contribution in [0.2, 0.25) is 0 Å². The second kappa shape index (κ2) is 61.1. The van der Waals surface area contributed by atoms with Crippen molar-refractivity contribution in [3.63, 3.8) is 0 Å². The zero-order valence-corrected chi connectivity index (χ0v) is 94.6. The number of Topliss-reactive ketones (excluding diaryl/α,β-unsaturated/α-hetero) is 4. The van der Waals surface area contributed by atoms with Gasteiger partial charge in [0.05, 0.1) is 22.0 Å². The fourth-order valence-corrected chi connectivity index (χ4v) is 18.2. The number of benzene rings is 8. The van der Waals surface area contributed by atoms with Gasteiger partial charge in [-0.1, -0.05) is 13.3 Å². The fourth-order valence-electron chi connectivity index (χ4n) is 18.1. The van der Waals surface area contributed by atoms with E-state index in [4.69, 9.17) is 45.6 Å². The first kappa shape index (κ1) is 119. The Morgan fingerprint density at radius 3 is 0.921 bits per heavy atom. The van der Waals surface area contributed by atoms with E-state index in [1.807, 2.05) is 126 Å². The van der Waals surface area contributed by atoms with Crippen molar-refractivity contribution in [2.24, 2.45) is 29.4 Å². The van der Waals surface area contributed by atoms with Gasteiger partial charge in [0, 0.05) is 307 Å². The van der Waals surface area contributed by atoms with E-state index in [-0.39, 0.29) is 171 Å². The summed E-state index contributed by atoms with van der Waals surface area (Å²) in [6.45, 7) is 25.0. The molecule has 6 fully saturated rings. The van der Waals surface area contributed by atoms with Crippen molar-refractivity contribution in [2.75, 3.05) is 111 Å². The molecule has 6 saturated heterocycles. The molecule has 23 nitrogen and oxygen atoms in total. The topological polar surface area (TPSA) is 320 Å². The fraction of sp³-hybridized carbons (Fsp3) is 0.394. The van der Waals surface area contributed by atoms with E-state index < -0.39 is 34.3 Å². The number of alkyl halides is 2. The largest absolute Gasteiger partial charge is 0.475 e. The molecule has 4 aromatic heterocycles. The third-order valence-corrected chi connectivity index (χ3v) is 26.2. The number of rotatable bonds is 19. The molecule has 6 aliphatic rings. The van der Waals surface area contributed by atoms with Crippen molar-refractivity contribution in [3.05, 3.63) is 284 Å². The molecule has 6 aliphatic heterocycles. The van der Waals surface area contributed by atoms with Crippen LogP contribution in [0, 0.1) is 75.6 Å². The summed E-state index contributed by atoms with van der Waals surface area (Å²) in [5.74, 6) is -1.92. The van der Waals surface area contributed by atoms with Crippen LogP contribution < -0.4 is 16.4 Å². The van der Waals surface area contributed by atoms with Crippen LogP contribution in [0.4, 0.5) is 0 Å². The predicted octanol–water partition coefficient (Wildman–Crippen LogP) is 18.5. The number of aromatic amines is 4. The Kier molecular flexibility index (Phi) is 52.2. The van der Waals surface area contributed by atoms with Crippen LogP contribution in [0.15, 0.2) is 176 Å². The van der Waals surface area contributed by atoms with E-state index in [0.717, 1.165) is 174 Å². The maximum Gasteiger partial charge on any atom is 0.377 e. The summed E-state index contributed by atoms with van der Waals surface area (Å²) in [5, 5.41) is 17.5. The number of H-pyrrole nitrogens is 4. The molecule has 12 aromatic rings. The van der Waals surface area contributed by atoms with E-state index in [0.29, 0.717) is 99.3 Å². The standard InChI is InChI=1S/C25H25N2O3.C24H22ClN2O3.C24H23N2O4.C22H23N2O.C5H12N2.C5H11N.C3H9N.CH2Cl2.4Y/c1-16-12-23-21(22(15-26-23)24(29)17(2)28)14-20(16)25(30)27-10-8-19(9-11-27)13-18-6-4-3-5-7-18;1-15-11-21-19(20(14-26-21)22(28)23(25)29)13-18(15)24(30)27-9-7-17(8-10-27)12-16-5-3-2-4-6-16;1-15-11-21-19(20(14-25-21)22(27)24(29)30)13-18(15)23(28)26-9-7-17(8-10-26)12-16-5-3-2-4-6-16;1-16-13-21-19(7-10-23-21)15-20(16)22(25)24-11-8-18(9-12-24)14-17-5-3-2-4-6-17;1-7-4-2-6-3-5-7;1-2-4-6-5-3-1;1-2-3-4;2-1-3;;;;/h4-7,12,14-15,19,26H,8-11,13H2,1-2H3;3-6,11,13-14,17,26H,7-10,12H2,1H3;3-6,11,13-14,17,25H,7-10,12H2,1H3,(H,29,30);3-7,10,13,15,18,23H,8-9,11-12,14H2,1H3;6H,2-5H2,1H3;6H,1-5H2;2-4H2,1H3;1H2;;;;/q4*-1;;;;;;;;. The molecule has 8 aromatic carbocycles. The molecule has 4 radical (unpaired) electrons. The zero-order chi connectivity index (χ0) is 96.5. The number of nitrogens with one attached hydrogen (secondary N) is 6. The number of carbonyl (C=O) groups excluding carboxylic acids is 9. The minimum atomic E-state index is -1.51. The number of halogens is 3. The van der Waals surface area contributed by atoms with E-state index >= 15 is 0 Å². The van der Waals surface area contributed by atoms with Gasteiger partial charge < -0.3 is 65.9 Å². The van der Waals surface area contributed by atoms with Gasteiger partial charge in [-0.2, -0.15) is 144 Å². The zero-order valence-electron chi connectivity index (χ0n) is 81.0. The molecule has 0 saturated carbocycles. The number of carboxylic acid groups (broad SMARTS) is 1. The Bertz CT molecular complexity index is 5520. The number of amides is 4. The Morgan fingerprint density at radius 1 is 0.388 bits per heavy atom. The van der Waals surface area contributed by atoms with Crippen LogP contribution >= 0.6 is 34.8 Å². The van der Waals surface area contributed by atoms with Gasteiger partial charge in [-0.3, -0.25) is 43.2 Å². The number of hydrogen-bond donors (Lipinski definition) is 8. The molecule has 18 rings (SSSR count). The summed E-state index contributed by atoms with van der Waals surface area (Å²) in [7, 11) is 2.15. The number of aliphatic carboxylic acids is 1. The first-order valence-electron chi connectivity index (χ1n) is 47.1. The first-order valence-corrected chi connectivity index (χ1v) is 48.6. The number of hydrogen-bond acceptors (Lipinski definition) is 14. The average molecular weight is 2240 g/mol. The number of likely N-dealkylation sites (tertiary alicyclic amines) is 4. The number of likely N-dealkylation sites (N-methyl/N-ethyl adjacent to an activating group) is 1. The summed E-state index contributed by atoms with van der Waals surface area (Å²) < 4.78 is 0. The Labute approximate surface area is 933 Å². The van der Waals surface area contributed by atoms with Crippen LogP contribution in [0.1, 0.15) is 208 Å². The van der Waals surface area contributed by atoms with E-state index in [1.165, 1.54) is 87.0 Å². The number of carboxylic acids is 1. The van der Waals surface area contributed by atoms with Crippen LogP contribution in [-0.2, 0) is 171 Å².